The van der Waals surface area contributed by atoms with Crippen LogP contribution < -0.4 is 16.2 Å². The second kappa shape index (κ2) is 5.79. The van der Waals surface area contributed by atoms with Gasteiger partial charge in [0.25, 0.3) is 0 Å². The SMILES string of the molecule is CC(C)Nc1ncnc(NNC(C)(C)C)c1[N+](=O)[O-]. The summed E-state index contributed by atoms with van der Waals surface area (Å²) in [6.07, 6.45) is 1.28. The summed E-state index contributed by atoms with van der Waals surface area (Å²) in [5, 5.41) is 14.1. The van der Waals surface area contributed by atoms with Crippen molar-refractivity contribution in [2.75, 3.05) is 10.7 Å². The van der Waals surface area contributed by atoms with Gasteiger partial charge in [-0.1, -0.05) is 0 Å². The number of hydrogen-bond acceptors (Lipinski definition) is 7. The van der Waals surface area contributed by atoms with Gasteiger partial charge in [-0.3, -0.25) is 15.5 Å². The van der Waals surface area contributed by atoms with Crippen LogP contribution in [0, 0.1) is 10.1 Å². The normalized spacial score (nSPS) is 11.5. The molecule has 19 heavy (non-hydrogen) atoms. The first kappa shape index (κ1) is 15.1. The van der Waals surface area contributed by atoms with Gasteiger partial charge < -0.3 is 5.32 Å². The van der Waals surface area contributed by atoms with E-state index in [1.165, 1.54) is 6.33 Å². The molecule has 0 aromatic carbocycles. The van der Waals surface area contributed by atoms with Crippen LogP contribution in [0.1, 0.15) is 34.6 Å². The highest BCUT2D eigenvalue weighted by molar-refractivity contribution is 5.69. The lowest BCUT2D eigenvalue weighted by Crippen LogP contribution is -2.40. The summed E-state index contributed by atoms with van der Waals surface area (Å²) in [5.41, 5.74) is 5.29. The third-order valence-corrected chi connectivity index (χ3v) is 1.99. The van der Waals surface area contributed by atoms with Crippen LogP contribution in [-0.2, 0) is 0 Å². The van der Waals surface area contributed by atoms with E-state index in [4.69, 9.17) is 0 Å². The number of rotatable bonds is 5. The molecule has 0 bridgehead atoms. The van der Waals surface area contributed by atoms with Crippen molar-refractivity contribution in [2.45, 2.75) is 46.2 Å². The van der Waals surface area contributed by atoms with E-state index in [0.29, 0.717) is 0 Å². The van der Waals surface area contributed by atoms with Crippen LogP contribution >= 0.6 is 0 Å². The minimum atomic E-state index is -0.503. The average Bonchev–Trinajstić information content (AvgIpc) is 2.24. The van der Waals surface area contributed by atoms with E-state index in [0.717, 1.165) is 0 Å². The van der Waals surface area contributed by atoms with E-state index in [-0.39, 0.29) is 28.9 Å². The van der Waals surface area contributed by atoms with Crippen molar-refractivity contribution in [1.82, 2.24) is 15.4 Å². The first-order chi connectivity index (χ1) is 8.70. The predicted octanol–water partition coefficient (Wildman–Crippen LogP) is 1.92. The lowest BCUT2D eigenvalue weighted by atomic mass is 10.1. The molecule has 0 spiro atoms. The number of hydrogen-bond donors (Lipinski definition) is 3. The topological polar surface area (TPSA) is 105 Å². The van der Waals surface area contributed by atoms with Gasteiger partial charge in [0.05, 0.1) is 4.92 Å². The number of nitrogens with zero attached hydrogens (tertiary/aromatic N) is 3. The third-order valence-electron chi connectivity index (χ3n) is 1.99. The molecule has 0 unspecified atom stereocenters. The predicted molar refractivity (Wildman–Crippen MR) is 74.0 cm³/mol. The molecule has 106 valence electrons. The summed E-state index contributed by atoms with van der Waals surface area (Å²) < 4.78 is 0. The first-order valence-corrected chi connectivity index (χ1v) is 6.00. The number of nitro groups is 1. The number of hydrazine groups is 1. The molecule has 8 heteroatoms. The highest BCUT2D eigenvalue weighted by Crippen LogP contribution is 2.28. The maximum Gasteiger partial charge on any atom is 0.354 e. The summed E-state index contributed by atoms with van der Waals surface area (Å²) in [5.74, 6) is 0.339. The largest absolute Gasteiger partial charge is 0.362 e. The van der Waals surface area contributed by atoms with Crippen molar-refractivity contribution in [3.8, 4) is 0 Å². The lowest BCUT2D eigenvalue weighted by Gasteiger charge is -2.21. The molecule has 0 saturated carbocycles. The Morgan fingerprint density at radius 2 is 1.84 bits per heavy atom. The van der Waals surface area contributed by atoms with Crippen molar-refractivity contribution in [2.24, 2.45) is 0 Å². The van der Waals surface area contributed by atoms with Crippen molar-refractivity contribution in [1.29, 1.82) is 0 Å². The van der Waals surface area contributed by atoms with Crippen LogP contribution in [0.3, 0.4) is 0 Å². The van der Waals surface area contributed by atoms with Gasteiger partial charge in [0, 0.05) is 11.6 Å². The van der Waals surface area contributed by atoms with E-state index >= 15 is 0 Å². The molecular formula is C11H20N6O2. The average molecular weight is 268 g/mol. The maximum atomic E-state index is 11.2. The fourth-order valence-corrected chi connectivity index (χ4v) is 1.27. The quantitative estimate of drug-likeness (QED) is 0.553. The van der Waals surface area contributed by atoms with Crippen molar-refractivity contribution in [3.05, 3.63) is 16.4 Å². The van der Waals surface area contributed by atoms with Crippen molar-refractivity contribution < 1.29 is 4.92 Å². The zero-order valence-corrected chi connectivity index (χ0v) is 11.8. The molecule has 0 aliphatic rings. The van der Waals surface area contributed by atoms with Gasteiger partial charge in [-0.25, -0.2) is 15.4 Å². The Morgan fingerprint density at radius 3 is 2.32 bits per heavy atom. The van der Waals surface area contributed by atoms with E-state index in [9.17, 15) is 10.1 Å². The molecule has 0 amide bonds. The molecule has 0 saturated heterocycles. The maximum absolute atomic E-state index is 11.2. The molecule has 0 atom stereocenters. The molecule has 1 aromatic heterocycles. The van der Waals surface area contributed by atoms with Crippen LogP contribution in [0.25, 0.3) is 0 Å². The van der Waals surface area contributed by atoms with Crippen LogP contribution in [0.2, 0.25) is 0 Å². The number of aromatic nitrogens is 2. The Kier molecular flexibility index (Phi) is 4.60. The van der Waals surface area contributed by atoms with Crippen LogP contribution in [0.5, 0.6) is 0 Å². The Bertz CT molecular complexity index is 455. The van der Waals surface area contributed by atoms with E-state index in [1.807, 2.05) is 34.6 Å². The molecule has 1 rings (SSSR count). The number of nitrogens with one attached hydrogen (secondary N) is 3. The van der Waals surface area contributed by atoms with E-state index < -0.39 is 4.92 Å². The van der Waals surface area contributed by atoms with Gasteiger partial charge in [-0.2, -0.15) is 0 Å². The molecule has 3 N–H and O–H groups in total. The monoisotopic (exact) mass is 268 g/mol. The van der Waals surface area contributed by atoms with Gasteiger partial charge >= 0.3 is 5.69 Å². The molecule has 0 radical (unpaired) electrons. The Balaban J connectivity index is 3.06. The molecule has 8 nitrogen and oxygen atoms in total. The summed E-state index contributed by atoms with van der Waals surface area (Å²) >= 11 is 0. The highest BCUT2D eigenvalue weighted by Gasteiger charge is 2.24. The minimum absolute atomic E-state index is 0.0389. The van der Waals surface area contributed by atoms with Gasteiger partial charge in [0.2, 0.25) is 11.6 Å². The van der Waals surface area contributed by atoms with Crippen LogP contribution in [-0.4, -0.2) is 26.5 Å². The smallest absolute Gasteiger partial charge is 0.354 e. The van der Waals surface area contributed by atoms with Gasteiger partial charge in [-0.05, 0) is 34.6 Å². The zero-order chi connectivity index (χ0) is 14.6. The highest BCUT2D eigenvalue weighted by atomic mass is 16.6. The van der Waals surface area contributed by atoms with E-state index in [1.54, 1.807) is 0 Å². The lowest BCUT2D eigenvalue weighted by molar-refractivity contribution is -0.383. The molecular weight excluding hydrogens is 248 g/mol. The minimum Gasteiger partial charge on any atom is -0.362 e. The van der Waals surface area contributed by atoms with E-state index in [2.05, 4.69) is 26.1 Å². The molecule has 0 aliphatic heterocycles. The van der Waals surface area contributed by atoms with Crippen LogP contribution in [0.15, 0.2) is 6.33 Å². The fourth-order valence-electron chi connectivity index (χ4n) is 1.27. The molecule has 1 aromatic rings. The first-order valence-electron chi connectivity index (χ1n) is 6.00. The van der Waals surface area contributed by atoms with Crippen molar-refractivity contribution in [3.63, 3.8) is 0 Å². The van der Waals surface area contributed by atoms with Gasteiger partial charge in [-0.15, -0.1) is 0 Å². The van der Waals surface area contributed by atoms with Crippen molar-refractivity contribution >= 4 is 17.3 Å². The Labute approximate surface area is 112 Å². The molecule has 0 fully saturated rings. The summed E-state index contributed by atoms with van der Waals surface area (Å²) in [4.78, 5) is 18.5. The van der Waals surface area contributed by atoms with Gasteiger partial charge in [0.15, 0.2) is 0 Å². The molecule has 0 aliphatic carbocycles. The van der Waals surface area contributed by atoms with Gasteiger partial charge in [0.1, 0.15) is 6.33 Å². The van der Waals surface area contributed by atoms with Crippen LogP contribution in [0.4, 0.5) is 17.3 Å². The standard InChI is InChI=1S/C11H20N6O2/c1-7(2)14-9-8(17(18)19)10(13-6-12-9)15-16-11(3,4)5/h6-7,16H,1-5H3,(H2,12,13,14,15). The number of anilines is 2. The second-order valence-electron chi connectivity index (χ2n) is 5.48. The Hall–Kier alpha value is -1.96. The zero-order valence-electron chi connectivity index (χ0n) is 11.8. The second-order valence-corrected chi connectivity index (χ2v) is 5.48. The Morgan fingerprint density at radius 1 is 1.26 bits per heavy atom. The fraction of sp³-hybridized carbons (Fsp3) is 0.636. The summed E-state index contributed by atoms with van der Waals surface area (Å²) in [7, 11) is 0. The third kappa shape index (κ3) is 4.66. The summed E-state index contributed by atoms with van der Waals surface area (Å²) in [6.45, 7) is 9.56. The molecule has 1 heterocycles. The summed E-state index contributed by atoms with van der Waals surface area (Å²) in [6, 6.07) is 0.0389.